The molecule has 1 unspecified atom stereocenters. The van der Waals surface area contributed by atoms with E-state index in [-0.39, 0.29) is 6.04 Å². The van der Waals surface area contributed by atoms with Crippen LogP contribution in [0.3, 0.4) is 0 Å². The molecule has 0 aromatic heterocycles. The Balaban J connectivity index is 2.18. The van der Waals surface area contributed by atoms with Crippen LogP contribution in [-0.4, -0.2) is 26.3 Å². The average Bonchev–Trinajstić information content (AvgIpc) is 2.80. The zero-order chi connectivity index (χ0) is 12.4. The van der Waals surface area contributed by atoms with Gasteiger partial charge in [-0.25, -0.2) is 0 Å². The lowest BCUT2D eigenvalue weighted by Gasteiger charge is -2.26. The van der Waals surface area contributed by atoms with Crippen molar-refractivity contribution in [1.29, 1.82) is 0 Å². The summed E-state index contributed by atoms with van der Waals surface area (Å²) in [5.74, 6) is 0. The molecule has 1 aromatic rings. The number of hydrogen-bond acceptors (Lipinski definition) is 3. The molecule has 4 heteroatoms. The van der Waals surface area contributed by atoms with Gasteiger partial charge in [0.25, 0.3) is 0 Å². The quantitative estimate of drug-likeness (QED) is 0.932. The lowest BCUT2D eigenvalue weighted by atomic mass is 10.1. The van der Waals surface area contributed by atoms with Gasteiger partial charge >= 0.3 is 0 Å². The number of rotatable bonds is 3. The first kappa shape index (κ1) is 12.9. The van der Waals surface area contributed by atoms with Crippen molar-refractivity contribution >= 4 is 21.6 Å². The fourth-order valence-electron chi connectivity index (χ4n) is 2.14. The molecule has 0 saturated carbocycles. The van der Waals surface area contributed by atoms with Crippen LogP contribution in [0.15, 0.2) is 22.7 Å². The van der Waals surface area contributed by atoms with E-state index in [1.54, 1.807) is 0 Å². The molecular formula is C13H19BrN2O. The highest BCUT2D eigenvalue weighted by molar-refractivity contribution is 9.10. The monoisotopic (exact) mass is 298 g/mol. The number of nitrogens with zero attached hydrogens (tertiary/aromatic N) is 1. The van der Waals surface area contributed by atoms with Crippen LogP contribution in [0.2, 0.25) is 0 Å². The molecule has 1 aliphatic heterocycles. The lowest BCUT2D eigenvalue weighted by Crippen LogP contribution is -2.31. The highest BCUT2D eigenvalue weighted by Crippen LogP contribution is 2.28. The second-order valence-electron chi connectivity index (χ2n) is 4.62. The SMILES string of the molecule is C[C@@H](N)c1ccc(N(C)C2CCOC2)cc1Br. The standard InChI is InChI=1S/C13H19BrN2O/c1-9(15)12-4-3-10(7-13(12)14)16(2)11-5-6-17-8-11/h3-4,7,9,11H,5-6,8,15H2,1-2H3/t9-,11?/m1/s1. The van der Waals surface area contributed by atoms with Gasteiger partial charge in [0.05, 0.1) is 12.6 Å². The minimum Gasteiger partial charge on any atom is -0.379 e. The zero-order valence-corrected chi connectivity index (χ0v) is 11.9. The molecule has 2 atom stereocenters. The minimum atomic E-state index is 0.0542. The second kappa shape index (κ2) is 5.38. The predicted octanol–water partition coefficient (Wildman–Crippen LogP) is 2.69. The van der Waals surface area contributed by atoms with E-state index < -0.39 is 0 Å². The van der Waals surface area contributed by atoms with Crippen LogP contribution in [0.4, 0.5) is 5.69 Å². The van der Waals surface area contributed by atoms with Gasteiger partial charge in [-0.15, -0.1) is 0 Å². The third kappa shape index (κ3) is 2.81. The number of hydrogen-bond donors (Lipinski definition) is 1. The van der Waals surface area contributed by atoms with Crippen molar-refractivity contribution in [2.75, 3.05) is 25.2 Å². The van der Waals surface area contributed by atoms with Crippen LogP contribution in [0.1, 0.15) is 24.9 Å². The molecular weight excluding hydrogens is 280 g/mol. The Morgan fingerprint density at radius 3 is 2.82 bits per heavy atom. The smallest absolute Gasteiger partial charge is 0.0670 e. The first-order valence-electron chi connectivity index (χ1n) is 5.95. The Morgan fingerprint density at radius 1 is 1.53 bits per heavy atom. The second-order valence-corrected chi connectivity index (χ2v) is 5.48. The van der Waals surface area contributed by atoms with E-state index in [1.165, 1.54) is 5.69 Å². The number of halogens is 1. The van der Waals surface area contributed by atoms with Crippen LogP contribution in [0.25, 0.3) is 0 Å². The lowest BCUT2D eigenvalue weighted by molar-refractivity contribution is 0.193. The summed E-state index contributed by atoms with van der Waals surface area (Å²) in [4.78, 5) is 2.28. The fourth-order valence-corrected chi connectivity index (χ4v) is 2.87. The molecule has 0 aliphatic carbocycles. The van der Waals surface area contributed by atoms with Crippen molar-refractivity contribution < 1.29 is 4.74 Å². The molecule has 94 valence electrons. The molecule has 2 N–H and O–H groups in total. The molecule has 2 rings (SSSR count). The summed E-state index contributed by atoms with van der Waals surface area (Å²) < 4.78 is 6.50. The number of ether oxygens (including phenoxy) is 1. The van der Waals surface area contributed by atoms with Crippen LogP contribution >= 0.6 is 15.9 Å². The van der Waals surface area contributed by atoms with Gasteiger partial charge in [0.15, 0.2) is 0 Å². The summed E-state index contributed by atoms with van der Waals surface area (Å²) in [6.45, 7) is 3.69. The Bertz CT molecular complexity index is 389. The number of nitrogens with two attached hydrogens (primary N) is 1. The molecule has 0 spiro atoms. The van der Waals surface area contributed by atoms with Crippen molar-refractivity contribution in [1.82, 2.24) is 0 Å². The minimum absolute atomic E-state index is 0.0542. The third-order valence-corrected chi connectivity index (χ3v) is 4.02. The highest BCUT2D eigenvalue weighted by atomic mass is 79.9. The zero-order valence-electron chi connectivity index (χ0n) is 10.3. The maximum atomic E-state index is 5.90. The molecule has 0 bridgehead atoms. The van der Waals surface area contributed by atoms with Crippen molar-refractivity contribution in [3.8, 4) is 0 Å². The van der Waals surface area contributed by atoms with E-state index in [0.29, 0.717) is 6.04 Å². The van der Waals surface area contributed by atoms with Crippen molar-refractivity contribution in [2.45, 2.75) is 25.4 Å². The van der Waals surface area contributed by atoms with Crippen molar-refractivity contribution in [3.05, 3.63) is 28.2 Å². The molecule has 0 radical (unpaired) electrons. The number of anilines is 1. The Kier molecular flexibility index (Phi) is 4.07. The van der Waals surface area contributed by atoms with E-state index in [0.717, 1.165) is 29.7 Å². The van der Waals surface area contributed by atoms with E-state index in [1.807, 2.05) is 6.92 Å². The van der Waals surface area contributed by atoms with Crippen LogP contribution < -0.4 is 10.6 Å². The summed E-state index contributed by atoms with van der Waals surface area (Å²) in [5, 5.41) is 0. The Morgan fingerprint density at radius 2 is 2.29 bits per heavy atom. The number of likely N-dealkylation sites (N-methyl/N-ethyl adjacent to an activating group) is 1. The van der Waals surface area contributed by atoms with E-state index in [9.17, 15) is 0 Å². The molecule has 1 saturated heterocycles. The number of benzene rings is 1. The van der Waals surface area contributed by atoms with Gasteiger partial charge in [-0.1, -0.05) is 22.0 Å². The molecule has 0 amide bonds. The summed E-state index contributed by atoms with van der Waals surface area (Å²) >= 11 is 3.59. The summed E-state index contributed by atoms with van der Waals surface area (Å²) in [6.07, 6.45) is 1.10. The Hall–Kier alpha value is -0.580. The van der Waals surface area contributed by atoms with Gasteiger partial charge < -0.3 is 15.4 Å². The molecule has 1 aromatic carbocycles. The fraction of sp³-hybridized carbons (Fsp3) is 0.538. The molecule has 1 fully saturated rings. The van der Waals surface area contributed by atoms with Crippen LogP contribution in [0, 0.1) is 0 Å². The first-order chi connectivity index (χ1) is 8.09. The maximum absolute atomic E-state index is 5.90. The van der Waals surface area contributed by atoms with Crippen LogP contribution in [0.5, 0.6) is 0 Å². The summed E-state index contributed by atoms with van der Waals surface area (Å²) in [6, 6.07) is 6.90. The van der Waals surface area contributed by atoms with Gasteiger partial charge in [-0.3, -0.25) is 0 Å². The van der Waals surface area contributed by atoms with E-state index >= 15 is 0 Å². The summed E-state index contributed by atoms with van der Waals surface area (Å²) in [7, 11) is 2.12. The predicted molar refractivity (Wildman–Crippen MR) is 74.4 cm³/mol. The van der Waals surface area contributed by atoms with Crippen LogP contribution in [-0.2, 0) is 4.74 Å². The normalized spacial score (nSPS) is 21.5. The topological polar surface area (TPSA) is 38.5 Å². The van der Waals surface area contributed by atoms with E-state index in [4.69, 9.17) is 10.5 Å². The first-order valence-corrected chi connectivity index (χ1v) is 6.74. The maximum Gasteiger partial charge on any atom is 0.0670 e. The Labute approximate surface area is 111 Å². The van der Waals surface area contributed by atoms with Gasteiger partial charge in [-0.2, -0.15) is 0 Å². The average molecular weight is 299 g/mol. The molecule has 1 aliphatic rings. The molecule has 17 heavy (non-hydrogen) atoms. The molecule has 3 nitrogen and oxygen atoms in total. The largest absolute Gasteiger partial charge is 0.379 e. The van der Waals surface area contributed by atoms with Gasteiger partial charge in [0.1, 0.15) is 0 Å². The van der Waals surface area contributed by atoms with Crippen molar-refractivity contribution in [3.63, 3.8) is 0 Å². The summed E-state index contributed by atoms with van der Waals surface area (Å²) in [5.41, 5.74) is 8.25. The van der Waals surface area contributed by atoms with Crippen molar-refractivity contribution in [2.24, 2.45) is 5.73 Å². The highest BCUT2D eigenvalue weighted by Gasteiger charge is 2.21. The van der Waals surface area contributed by atoms with E-state index in [2.05, 4.69) is 46.1 Å². The van der Waals surface area contributed by atoms with Gasteiger partial charge in [-0.05, 0) is 31.0 Å². The van der Waals surface area contributed by atoms with Gasteiger partial charge in [0, 0.05) is 29.9 Å². The molecule has 1 heterocycles. The van der Waals surface area contributed by atoms with Gasteiger partial charge in [0.2, 0.25) is 0 Å². The third-order valence-electron chi connectivity index (χ3n) is 3.34.